The minimum absolute atomic E-state index is 0.0733. The number of carbonyl (C=O) groups excluding carboxylic acids is 1. The van der Waals surface area contributed by atoms with Crippen molar-refractivity contribution in [3.05, 3.63) is 33.9 Å². The van der Waals surface area contributed by atoms with Crippen molar-refractivity contribution in [2.75, 3.05) is 12.4 Å². The molecule has 0 bridgehead atoms. The Morgan fingerprint density at radius 3 is 2.52 bits per heavy atom. The predicted octanol–water partition coefficient (Wildman–Crippen LogP) is 2.23. The number of hydrogen-bond acceptors (Lipinski definition) is 4. The van der Waals surface area contributed by atoms with Gasteiger partial charge in [0.2, 0.25) is 0 Å². The molecule has 1 aromatic rings. The van der Waals surface area contributed by atoms with Crippen LogP contribution in [0.4, 0.5) is 16.2 Å². The van der Waals surface area contributed by atoms with Gasteiger partial charge < -0.3 is 15.3 Å². The number of hydrogen-bond donors (Lipinski definition) is 2. The third-order valence-electron chi connectivity index (χ3n) is 3.12. The van der Waals surface area contributed by atoms with Crippen LogP contribution >= 0.6 is 0 Å². The minimum Gasteiger partial charge on any atom is -0.480 e. The molecule has 1 aromatic carbocycles. The number of carboxylic acid groups (broad SMARTS) is 1. The van der Waals surface area contributed by atoms with Gasteiger partial charge in [-0.15, -0.1) is 0 Å². The van der Waals surface area contributed by atoms with Crippen LogP contribution in [0.25, 0.3) is 0 Å². The highest BCUT2D eigenvalue weighted by Gasteiger charge is 2.25. The second kappa shape index (κ2) is 6.69. The first-order valence-electron chi connectivity index (χ1n) is 6.29. The Bertz CT molecular complexity index is 573. The Hall–Kier alpha value is -2.64. The molecule has 1 rings (SSSR count). The maximum atomic E-state index is 12.0. The molecule has 21 heavy (non-hydrogen) atoms. The van der Waals surface area contributed by atoms with E-state index in [1.165, 1.54) is 25.2 Å². The predicted molar refractivity (Wildman–Crippen MR) is 76.3 cm³/mol. The van der Waals surface area contributed by atoms with Gasteiger partial charge in [0.15, 0.2) is 0 Å². The lowest BCUT2D eigenvalue weighted by atomic mass is 10.1. The van der Waals surface area contributed by atoms with E-state index >= 15 is 0 Å². The maximum Gasteiger partial charge on any atom is 0.326 e. The van der Waals surface area contributed by atoms with Gasteiger partial charge in [-0.2, -0.15) is 0 Å². The number of aryl methyl sites for hydroxylation is 1. The van der Waals surface area contributed by atoms with Gasteiger partial charge in [-0.05, 0) is 25.0 Å². The Balaban J connectivity index is 2.88. The lowest BCUT2D eigenvalue weighted by Crippen LogP contribution is -2.44. The fourth-order valence-corrected chi connectivity index (χ4v) is 1.86. The summed E-state index contributed by atoms with van der Waals surface area (Å²) in [5, 5.41) is 22.2. The molecule has 0 aromatic heterocycles. The topological polar surface area (TPSA) is 113 Å². The quantitative estimate of drug-likeness (QED) is 0.638. The average molecular weight is 295 g/mol. The maximum absolute atomic E-state index is 12.0. The molecule has 8 heteroatoms. The van der Waals surface area contributed by atoms with Gasteiger partial charge >= 0.3 is 12.0 Å². The van der Waals surface area contributed by atoms with Gasteiger partial charge in [0.05, 0.1) is 4.92 Å². The van der Waals surface area contributed by atoms with Crippen LogP contribution in [0.2, 0.25) is 0 Å². The van der Waals surface area contributed by atoms with Crippen molar-refractivity contribution in [3.63, 3.8) is 0 Å². The van der Waals surface area contributed by atoms with Gasteiger partial charge in [0, 0.05) is 24.9 Å². The molecule has 8 nitrogen and oxygen atoms in total. The van der Waals surface area contributed by atoms with Gasteiger partial charge in [-0.25, -0.2) is 9.59 Å². The van der Waals surface area contributed by atoms with Gasteiger partial charge in [-0.3, -0.25) is 10.1 Å². The largest absolute Gasteiger partial charge is 0.480 e. The van der Waals surface area contributed by atoms with Gasteiger partial charge in [0.1, 0.15) is 6.04 Å². The van der Waals surface area contributed by atoms with E-state index in [1.54, 1.807) is 13.8 Å². The smallest absolute Gasteiger partial charge is 0.326 e. The number of nitrogens with one attached hydrogen (secondary N) is 1. The number of carbonyl (C=O) groups is 2. The van der Waals surface area contributed by atoms with Crippen LogP contribution in [-0.4, -0.2) is 40.0 Å². The van der Waals surface area contributed by atoms with E-state index in [1.807, 2.05) is 0 Å². The van der Waals surface area contributed by atoms with Crippen molar-refractivity contribution >= 4 is 23.4 Å². The van der Waals surface area contributed by atoms with Crippen LogP contribution in [-0.2, 0) is 4.79 Å². The number of aliphatic carboxylic acids is 1. The number of anilines is 1. The van der Waals surface area contributed by atoms with Crippen molar-refractivity contribution in [1.82, 2.24) is 4.90 Å². The van der Waals surface area contributed by atoms with E-state index in [0.29, 0.717) is 11.3 Å². The number of likely N-dealkylation sites (N-methyl/N-ethyl adjacent to an activating group) is 1. The third kappa shape index (κ3) is 3.91. The molecule has 1 unspecified atom stereocenters. The molecule has 0 saturated heterocycles. The summed E-state index contributed by atoms with van der Waals surface area (Å²) in [5.41, 5.74) is 0.850. The van der Waals surface area contributed by atoms with Crippen LogP contribution in [0, 0.1) is 17.0 Å². The van der Waals surface area contributed by atoms with Crippen LogP contribution in [0.1, 0.15) is 18.9 Å². The van der Waals surface area contributed by atoms with Crippen LogP contribution in [0.15, 0.2) is 18.2 Å². The molecular formula is C13H17N3O5. The molecule has 2 amide bonds. The summed E-state index contributed by atoms with van der Waals surface area (Å²) in [6.45, 7) is 3.29. The number of benzene rings is 1. The highest BCUT2D eigenvalue weighted by Crippen LogP contribution is 2.21. The lowest BCUT2D eigenvalue weighted by molar-refractivity contribution is -0.384. The fraction of sp³-hybridized carbons (Fsp3) is 0.385. The Kier molecular flexibility index (Phi) is 5.23. The van der Waals surface area contributed by atoms with Crippen LogP contribution in [0.5, 0.6) is 0 Å². The number of nitro benzene ring substituents is 1. The number of carboxylic acids is 1. The molecule has 1 atom stereocenters. The first kappa shape index (κ1) is 16.4. The van der Waals surface area contributed by atoms with Crippen molar-refractivity contribution in [1.29, 1.82) is 0 Å². The Morgan fingerprint density at radius 2 is 2.10 bits per heavy atom. The molecule has 2 N–H and O–H groups in total. The normalized spacial score (nSPS) is 11.6. The van der Waals surface area contributed by atoms with Gasteiger partial charge in [0.25, 0.3) is 5.69 Å². The monoisotopic (exact) mass is 295 g/mol. The summed E-state index contributed by atoms with van der Waals surface area (Å²) >= 11 is 0. The molecule has 0 saturated carbocycles. The van der Waals surface area contributed by atoms with E-state index < -0.39 is 23.0 Å². The highest BCUT2D eigenvalue weighted by molar-refractivity contribution is 5.92. The van der Waals surface area contributed by atoms with Gasteiger partial charge in [-0.1, -0.05) is 6.92 Å². The number of urea groups is 1. The Morgan fingerprint density at radius 1 is 1.48 bits per heavy atom. The second-order valence-corrected chi connectivity index (χ2v) is 4.56. The zero-order valence-electron chi connectivity index (χ0n) is 12.0. The van der Waals surface area contributed by atoms with E-state index in [2.05, 4.69) is 5.32 Å². The minimum atomic E-state index is -1.09. The average Bonchev–Trinajstić information content (AvgIpc) is 2.40. The summed E-state index contributed by atoms with van der Waals surface area (Å²) in [6, 6.07) is 2.52. The molecular weight excluding hydrogens is 278 g/mol. The molecule has 0 aliphatic heterocycles. The zero-order chi connectivity index (χ0) is 16.2. The number of nitro groups is 1. The zero-order valence-corrected chi connectivity index (χ0v) is 12.0. The number of amides is 2. The van der Waals surface area contributed by atoms with E-state index in [0.717, 1.165) is 4.90 Å². The fourth-order valence-electron chi connectivity index (χ4n) is 1.86. The number of non-ortho nitro benzene ring substituents is 1. The van der Waals surface area contributed by atoms with Crippen molar-refractivity contribution in [2.45, 2.75) is 26.3 Å². The molecule has 0 radical (unpaired) electrons. The summed E-state index contributed by atoms with van der Waals surface area (Å²) in [5.74, 6) is -1.09. The Labute approximate surface area is 121 Å². The van der Waals surface area contributed by atoms with Crippen LogP contribution in [0.3, 0.4) is 0 Å². The SMILES string of the molecule is CCC(C(=O)O)N(C)C(=O)Nc1ccc([N+](=O)[O-])cc1C. The van der Waals surface area contributed by atoms with Crippen molar-refractivity contribution < 1.29 is 19.6 Å². The third-order valence-corrected chi connectivity index (χ3v) is 3.12. The molecule has 0 aliphatic rings. The summed E-state index contributed by atoms with van der Waals surface area (Å²) in [7, 11) is 1.39. The molecule has 0 aliphatic carbocycles. The number of nitrogens with zero attached hydrogens (tertiary/aromatic N) is 2. The van der Waals surface area contributed by atoms with E-state index in [-0.39, 0.29) is 12.1 Å². The van der Waals surface area contributed by atoms with Crippen molar-refractivity contribution in [3.8, 4) is 0 Å². The number of rotatable bonds is 5. The first-order valence-corrected chi connectivity index (χ1v) is 6.29. The van der Waals surface area contributed by atoms with E-state index in [9.17, 15) is 19.7 Å². The summed E-state index contributed by atoms with van der Waals surface area (Å²) < 4.78 is 0. The molecule has 0 spiro atoms. The summed E-state index contributed by atoms with van der Waals surface area (Å²) in [4.78, 5) is 34.2. The summed E-state index contributed by atoms with van der Waals surface area (Å²) in [6.07, 6.45) is 0.276. The first-order chi connectivity index (χ1) is 9.77. The highest BCUT2D eigenvalue weighted by atomic mass is 16.6. The second-order valence-electron chi connectivity index (χ2n) is 4.56. The van der Waals surface area contributed by atoms with Crippen LogP contribution < -0.4 is 5.32 Å². The van der Waals surface area contributed by atoms with Crippen molar-refractivity contribution in [2.24, 2.45) is 0 Å². The molecule has 114 valence electrons. The molecule has 0 fully saturated rings. The lowest BCUT2D eigenvalue weighted by Gasteiger charge is -2.24. The standard InChI is InChI=1S/C13H17N3O5/c1-4-11(12(17)18)15(3)13(19)14-10-6-5-9(16(20)21)7-8(10)2/h5-7,11H,4H2,1-3H3,(H,14,19)(H,17,18). The molecule has 0 heterocycles. The van der Waals surface area contributed by atoms with E-state index in [4.69, 9.17) is 5.11 Å².